The molecule has 0 spiro atoms. The van der Waals surface area contributed by atoms with Crippen molar-refractivity contribution >= 4 is 19.8 Å². The summed E-state index contributed by atoms with van der Waals surface area (Å²) in [4.78, 5) is 35.4. The number of rotatable bonds is 41. The van der Waals surface area contributed by atoms with Gasteiger partial charge in [-0.1, -0.05) is 154 Å². The van der Waals surface area contributed by atoms with E-state index in [-0.39, 0.29) is 26.1 Å². The molecule has 0 saturated carbocycles. The van der Waals surface area contributed by atoms with Crippen LogP contribution >= 0.6 is 7.82 Å². The third-order valence-corrected chi connectivity index (χ3v) is 10.2. The summed E-state index contributed by atoms with van der Waals surface area (Å²) in [6.45, 7) is 4.07. The van der Waals surface area contributed by atoms with E-state index in [1.807, 2.05) is 21.1 Å². The number of hydrogen-bond acceptors (Lipinski definition) is 7. The van der Waals surface area contributed by atoms with Crippen LogP contribution in [0.1, 0.15) is 142 Å². The van der Waals surface area contributed by atoms with Crippen molar-refractivity contribution in [1.29, 1.82) is 0 Å². The first-order chi connectivity index (χ1) is 31.0. The van der Waals surface area contributed by atoms with Crippen LogP contribution in [0.2, 0.25) is 0 Å². The number of phosphoric ester groups is 1. The van der Waals surface area contributed by atoms with Crippen molar-refractivity contribution in [2.45, 2.75) is 148 Å². The Kier molecular flexibility index (Phi) is 41.7. The molecule has 0 aromatic heterocycles. The van der Waals surface area contributed by atoms with Crippen molar-refractivity contribution in [1.82, 2.24) is 0 Å². The first-order valence-electron chi connectivity index (χ1n) is 23.9. The molecule has 9 nitrogen and oxygen atoms in total. The first-order valence-corrected chi connectivity index (χ1v) is 25.4. The molecule has 0 fully saturated rings. The normalized spacial score (nSPS) is 14.7. The molecule has 0 aliphatic heterocycles. The minimum absolute atomic E-state index is 0.00925. The predicted octanol–water partition coefficient (Wildman–Crippen LogP) is 14.2. The van der Waals surface area contributed by atoms with Gasteiger partial charge in [0.2, 0.25) is 0 Å². The molecule has 1 N–H and O–H groups in total. The molecule has 2 atom stereocenters. The lowest BCUT2D eigenvalue weighted by Gasteiger charge is -2.24. The molecule has 0 radical (unpaired) electrons. The Morgan fingerprint density at radius 2 is 0.844 bits per heavy atom. The van der Waals surface area contributed by atoms with Gasteiger partial charge in [-0.15, -0.1) is 0 Å². The highest BCUT2D eigenvalue weighted by Gasteiger charge is 2.27. The fourth-order valence-corrected chi connectivity index (χ4v) is 6.25. The second kappa shape index (κ2) is 44.4. The zero-order chi connectivity index (χ0) is 47.1. The fraction of sp³-hybridized carbons (Fsp3) is 0.556. The van der Waals surface area contributed by atoms with Crippen LogP contribution < -0.4 is 0 Å². The average Bonchev–Trinajstić information content (AvgIpc) is 3.25. The number of quaternary nitrogens is 1. The molecular weight excluding hydrogens is 822 g/mol. The Labute approximate surface area is 390 Å². The number of esters is 2. The Hall–Kier alpha value is -3.85. The van der Waals surface area contributed by atoms with E-state index in [0.717, 1.165) is 103 Å². The molecule has 0 bridgehead atoms. The van der Waals surface area contributed by atoms with Crippen molar-refractivity contribution in [3.05, 3.63) is 134 Å². The molecule has 0 aromatic carbocycles. The standard InChI is InChI=1S/C54H86NO8P/c1-6-8-10-12-14-16-18-20-22-23-24-25-26-27-28-29-30-31-33-35-37-39-41-43-45-47-54(57)63-52(51-62-64(58,59)61-49-48-55(3,4)5)50-60-53(56)46-44-42-40-38-36-34-32-21-19-17-15-13-11-9-7-2/h8-11,14-17,20-22,24-25,27-28,30-32,35-38,52H,6-7,12-13,18-19,23,26,29,33-34,39-51H2,1-5H3/p+1/b10-8-,11-9-,16-14-,17-15-,22-20-,25-24-,28-27-,31-30-,32-21-,37-35-,38-36-. The quantitative estimate of drug-likeness (QED) is 0.0212. The fourth-order valence-electron chi connectivity index (χ4n) is 5.51. The molecule has 10 heteroatoms. The number of likely N-dealkylation sites (N-methyl/N-ethyl adjacent to an activating group) is 1. The van der Waals surface area contributed by atoms with Crippen molar-refractivity contribution in [2.24, 2.45) is 0 Å². The molecule has 64 heavy (non-hydrogen) atoms. The van der Waals surface area contributed by atoms with E-state index >= 15 is 0 Å². The van der Waals surface area contributed by atoms with Crippen LogP contribution in [-0.4, -0.2) is 74.9 Å². The Morgan fingerprint density at radius 3 is 1.25 bits per heavy atom. The smallest absolute Gasteiger partial charge is 0.462 e. The molecule has 0 rings (SSSR count). The zero-order valence-corrected chi connectivity index (χ0v) is 41.3. The number of carbonyl (C=O) groups excluding carboxylic acids is 2. The van der Waals surface area contributed by atoms with Gasteiger partial charge in [-0.2, -0.15) is 0 Å². The minimum atomic E-state index is -4.41. The first kappa shape index (κ1) is 60.2. The maximum absolute atomic E-state index is 12.7. The summed E-state index contributed by atoms with van der Waals surface area (Å²) in [6, 6.07) is 0. The lowest BCUT2D eigenvalue weighted by atomic mass is 10.1. The molecule has 2 unspecified atom stereocenters. The van der Waals surface area contributed by atoms with Gasteiger partial charge < -0.3 is 18.9 Å². The van der Waals surface area contributed by atoms with E-state index in [0.29, 0.717) is 23.9 Å². The van der Waals surface area contributed by atoms with Gasteiger partial charge in [-0.25, -0.2) is 4.57 Å². The van der Waals surface area contributed by atoms with Crippen molar-refractivity contribution in [2.75, 3.05) is 47.5 Å². The minimum Gasteiger partial charge on any atom is -0.462 e. The summed E-state index contributed by atoms with van der Waals surface area (Å²) in [5.74, 6) is -0.902. The van der Waals surface area contributed by atoms with E-state index < -0.39 is 32.5 Å². The van der Waals surface area contributed by atoms with Gasteiger partial charge >= 0.3 is 19.8 Å². The zero-order valence-electron chi connectivity index (χ0n) is 40.4. The van der Waals surface area contributed by atoms with E-state index in [1.54, 1.807) is 0 Å². The molecule has 360 valence electrons. The number of phosphoric acid groups is 1. The highest BCUT2D eigenvalue weighted by Crippen LogP contribution is 2.43. The number of unbranched alkanes of at least 4 members (excludes halogenated alkanes) is 5. The molecule has 0 aliphatic rings. The van der Waals surface area contributed by atoms with Gasteiger partial charge in [0.05, 0.1) is 27.7 Å². The Morgan fingerprint density at radius 1 is 0.484 bits per heavy atom. The van der Waals surface area contributed by atoms with Gasteiger partial charge in [0.15, 0.2) is 6.10 Å². The van der Waals surface area contributed by atoms with Crippen LogP contribution in [-0.2, 0) is 32.7 Å². The van der Waals surface area contributed by atoms with E-state index in [9.17, 15) is 19.0 Å². The van der Waals surface area contributed by atoms with Gasteiger partial charge in [0.1, 0.15) is 19.8 Å². The molecule has 0 aromatic rings. The number of carbonyl (C=O) groups is 2. The van der Waals surface area contributed by atoms with Gasteiger partial charge in [0, 0.05) is 12.8 Å². The third-order valence-electron chi connectivity index (χ3n) is 9.18. The van der Waals surface area contributed by atoms with Gasteiger partial charge in [-0.3, -0.25) is 18.6 Å². The molecule has 0 aliphatic carbocycles. The van der Waals surface area contributed by atoms with Crippen LogP contribution in [0, 0.1) is 0 Å². The van der Waals surface area contributed by atoms with Crippen molar-refractivity contribution in [3.8, 4) is 0 Å². The van der Waals surface area contributed by atoms with Crippen LogP contribution in [0.15, 0.2) is 134 Å². The third kappa shape index (κ3) is 47.6. The largest absolute Gasteiger partial charge is 0.472 e. The van der Waals surface area contributed by atoms with Crippen LogP contribution in [0.3, 0.4) is 0 Å². The molecule has 0 saturated heterocycles. The number of nitrogens with zero attached hydrogens (tertiary/aromatic N) is 1. The Balaban J connectivity index is 4.46. The summed E-state index contributed by atoms with van der Waals surface area (Å²) >= 11 is 0. The van der Waals surface area contributed by atoms with E-state index in [4.69, 9.17) is 18.5 Å². The Bertz CT molecular complexity index is 1540. The van der Waals surface area contributed by atoms with Gasteiger partial charge in [-0.05, 0) is 109 Å². The van der Waals surface area contributed by atoms with E-state index in [2.05, 4.69) is 148 Å². The van der Waals surface area contributed by atoms with Crippen LogP contribution in [0.4, 0.5) is 0 Å². The second-order valence-electron chi connectivity index (χ2n) is 16.4. The van der Waals surface area contributed by atoms with Gasteiger partial charge in [0.25, 0.3) is 0 Å². The highest BCUT2D eigenvalue weighted by atomic mass is 31.2. The summed E-state index contributed by atoms with van der Waals surface area (Å²) in [5, 5.41) is 0. The number of hydrogen-bond donors (Lipinski definition) is 1. The SMILES string of the molecule is CC/C=C\C/C=C\C/C=C\C/C=C\C/C=C\C/C=C\C/C=C\CCCCCC(=O)OC(COC(=O)CCCC/C=C\C/C=C\C/C=C\C/C=C\CC)COP(=O)(O)OCC[N+](C)(C)C. The number of allylic oxidation sites excluding steroid dienone is 22. The van der Waals surface area contributed by atoms with Crippen molar-refractivity contribution in [3.63, 3.8) is 0 Å². The summed E-state index contributed by atoms with van der Waals surface area (Å²) in [7, 11) is 1.40. The lowest BCUT2D eigenvalue weighted by molar-refractivity contribution is -0.870. The molecular formula is C54H87NO8P+. The van der Waals surface area contributed by atoms with Crippen molar-refractivity contribution < 1.29 is 42.1 Å². The topological polar surface area (TPSA) is 108 Å². The predicted molar refractivity (Wildman–Crippen MR) is 270 cm³/mol. The lowest BCUT2D eigenvalue weighted by Crippen LogP contribution is -2.37. The maximum Gasteiger partial charge on any atom is 0.472 e. The molecule has 0 heterocycles. The van der Waals surface area contributed by atoms with Crippen LogP contribution in [0.25, 0.3) is 0 Å². The summed E-state index contributed by atoms with van der Waals surface area (Å²) in [6.07, 6.45) is 63.7. The second-order valence-corrected chi connectivity index (χ2v) is 17.8. The maximum atomic E-state index is 12.7. The number of ether oxygens (including phenoxy) is 2. The highest BCUT2D eigenvalue weighted by molar-refractivity contribution is 7.47. The van der Waals surface area contributed by atoms with E-state index in [1.165, 1.54) is 0 Å². The average molecular weight is 909 g/mol. The van der Waals surface area contributed by atoms with Crippen LogP contribution in [0.5, 0.6) is 0 Å². The molecule has 0 amide bonds. The summed E-state index contributed by atoms with van der Waals surface area (Å²) < 4.78 is 34.3. The monoisotopic (exact) mass is 909 g/mol. The summed E-state index contributed by atoms with van der Waals surface area (Å²) in [5.41, 5.74) is 0.